The van der Waals surface area contributed by atoms with E-state index in [9.17, 15) is 5.11 Å². The summed E-state index contributed by atoms with van der Waals surface area (Å²) in [6, 6.07) is 0. The van der Waals surface area contributed by atoms with Crippen molar-refractivity contribution in [3.05, 3.63) is 11.6 Å². The van der Waals surface area contributed by atoms with Crippen LogP contribution in [-0.4, -0.2) is 22.9 Å². The average molecular weight is 222 g/mol. The van der Waals surface area contributed by atoms with E-state index >= 15 is 0 Å². The Balaban J connectivity index is 2.03. The molecular weight excluding hydrogens is 200 g/mol. The summed E-state index contributed by atoms with van der Waals surface area (Å²) < 4.78 is 6.44. The van der Waals surface area contributed by atoms with E-state index in [1.807, 2.05) is 0 Å². The number of hydrogen-bond donors (Lipinski definition) is 1. The molecule has 1 spiro atoms. The second kappa shape index (κ2) is 3.33. The Morgan fingerprint density at radius 2 is 2.06 bits per heavy atom. The van der Waals surface area contributed by atoms with Crippen LogP contribution in [0.3, 0.4) is 0 Å². The molecule has 0 aromatic heterocycles. The van der Waals surface area contributed by atoms with Crippen LogP contribution >= 0.6 is 0 Å². The van der Waals surface area contributed by atoms with Crippen LogP contribution in [0, 0.1) is 11.8 Å². The van der Waals surface area contributed by atoms with E-state index < -0.39 is 0 Å². The van der Waals surface area contributed by atoms with Crippen molar-refractivity contribution < 1.29 is 9.84 Å². The molecule has 1 saturated carbocycles. The molecule has 1 heterocycles. The molecule has 90 valence electrons. The van der Waals surface area contributed by atoms with Crippen LogP contribution in [0.15, 0.2) is 11.6 Å². The van der Waals surface area contributed by atoms with Crippen LogP contribution < -0.4 is 0 Å². The highest BCUT2D eigenvalue weighted by Gasteiger charge is 2.59. The minimum absolute atomic E-state index is 0.000347. The number of allylic oxidation sites excluding steroid dienone is 1. The SMILES string of the molecule is CC1(C)OC23CC1CCC2CCC=C3CO. The monoisotopic (exact) mass is 222 g/mol. The molecule has 0 radical (unpaired) electrons. The number of fused-ring (bicyclic) bond motifs is 1. The van der Waals surface area contributed by atoms with Gasteiger partial charge in [0.05, 0.1) is 17.8 Å². The zero-order chi connectivity index (χ0) is 11.4. The van der Waals surface area contributed by atoms with Crippen molar-refractivity contribution >= 4 is 0 Å². The first-order valence-electron chi connectivity index (χ1n) is 6.59. The summed E-state index contributed by atoms with van der Waals surface area (Å²) >= 11 is 0. The van der Waals surface area contributed by atoms with Gasteiger partial charge in [0, 0.05) is 0 Å². The molecule has 2 nitrogen and oxygen atoms in total. The molecule has 1 aliphatic heterocycles. The van der Waals surface area contributed by atoms with Gasteiger partial charge in [0.15, 0.2) is 0 Å². The van der Waals surface area contributed by atoms with Crippen molar-refractivity contribution in [2.24, 2.45) is 11.8 Å². The number of ether oxygens (including phenoxy) is 1. The molecule has 0 aromatic carbocycles. The number of rotatable bonds is 1. The predicted molar refractivity (Wildman–Crippen MR) is 63.1 cm³/mol. The molecule has 16 heavy (non-hydrogen) atoms. The highest BCUT2D eigenvalue weighted by Crippen LogP contribution is 2.58. The third-order valence-electron chi connectivity index (χ3n) is 5.12. The summed E-state index contributed by atoms with van der Waals surface area (Å²) in [6.45, 7) is 4.62. The molecule has 0 aromatic rings. The Hall–Kier alpha value is -0.340. The summed E-state index contributed by atoms with van der Waals surface area (Å²) in [5, 5.41) is 9.57. The first-order chi connectivity index (χ1) is 7.58. The standard InChI is InChI=1S/C14H22O2/c1-13(2)11-7-6-10-4-3-5-12(9-15)14(10,8-11)16-13/h5,10-11,15H,3-4,6-9H2,1-2H3. The van der Waals surface area contributed by atoms with Crippen molar-refractivity contribution in [3.63, 3.8) is 0 Å². The number of aliphatic hydroxyl groups is 1. The third kappa shape index (κ3) is 1.26. The van der Waals surface area contributed by atoms with Gasteiger partial charge < -0.3 is 9.84 Å². The zero-order valence-electron chi connectivity index (χ0n) is 10.3. The maximum Gasteiger partial charge on any atom is 0.0952 e. The molecule has 2 fully saturated rings. The molecule has 0 amide bonds. The van der Waals surface area contributed by atoms with Gasteiger partial charge in [-0.15, -0.1) is 0 Å². The van der Waals surface area contributed by atoms with Crippen LogP contribution in [0.25, 0.3) is 0 Å². The van der Waals surface area contributed by atoms with Crippen molar-refractivity contribution in [2.45, 2.75) is 57.2 Å². The van der Waals surface area contributed by atoms with Gasteiger partial charge >= 0.3 is 0 Å². The lowest BCUT2D eigenvalue weighted by Crippen LogP contribution is -2.45. The van der Waals surface area contributed by atoms with E-state index in [1.54, 1.807) is 0 Å². The van der Waals surface area contributed by atoms with Crippen LogP contribution in [0.1, 0.15) is 46.0 Å². The summed E-state index contributed by atoms with van der Waals surface area (Å²) in [5.74, 6) is 1.33. The average Bonchev–Trinajstić information content (AvgIpc) is 2.45. The van der Waals surface area contributed by atoms with Gasteiger partial charge in [0.2, 0.25) is 0 Å². The Morgan fingerprint density at radius 3 is 2.81 bits per heavy atom. The lowest BCUT2D eigenvalue weighted by molar-refractivity contribution is -0.0999. The molecule has 3 rings (SSSR count). The highest BCUT2D eigenvalue weighted by molar-refractivity contribution is 5.28. The van der Waals surface area contributed by atoms with E-state index in [2.05, 4.69) is 19.9 Å². The van der Waals surface area contributed by atoms with Gasteiger partial charge in [-0.25, -0.2) is 0 Å². The van der Waals surface area contributed by atoms with Crippen LogP contribution in [-0.2, 0) is 4.74 Å². The zero-order valence-corrected chi connectivity index (χ0v) is 10.3. The summed E-state index contributed by atoms with van der Waals surface area (Å²) in [4.78, 5) is 0. The molecule has 1 N–H and O–H groups in total. The quantitative estimate of drug-likeness (QED) is 0.691. The first kappa shape index (κ1) is 10.8. The van der Waals surface area contributed by atoms with Gasteiger partial charge in [0.1, 0.15) is 0 Å². The molecule has 2 bridgehead atoms. The molecule has 3 unspecified atom stereocenters. The van der Waals surface area contributed by atoms with Gasteiger partial charge in [-0.2, -0.15) is 0 Å². The fourth-order valence-electron chi connectivity index (χ4n) is 4.21. The summed E-state index contributed by atoms with van der Waals surface area (Å²) in [5.41, 5.74) is 1.07. The summed E-state index contributed by atoms with van der Waals surface area (Å²) in [7, 11) is 0. The Bertz CT molecular complexity index is 332. The lowest BCUT2D eigenvalue weighted by Gasteiger charge is -2.44. The fourth-order valence-corrected chi connectivity index (χ4v) is 4.21. The maximum absolute atomic E-state index is 9.57. The maximum atomic E-state index is 9.57. The second-order valence-corrected chi connectivity index (χ2v) is 6.24. The van der Waals surface area contributed by atoms with Crippen LogP contribution in [0.2, 0.25) is 0 Å². The summed E-state index contributed by atoms with van der Waals surface area (Å²) in [6.07, 6.45) is 8.31. The molecule has 3 aliphatic rings. The largest absolute Gasteiger partial charge is 0.392 e. The van der Waals surface area contributed by atoms with Crippen molar-refractivity contribution in [3.8, 4) is 0 Å². The molecule has 2 heteroatoms. The third-order valence-corrected chi connectivity index (χ3v) is 5.12. The molecule has 2 aliphatic carbocycles. The number of hydrogen-bond acceptors (Lipinski definition) is 2. The van der Waals surface area contributed by atoms with Crippen LogP contribution in [0.5, 0.6) is 0 Å². The first-order valence-corrected chi connectivity index (χ1v) is 6.59. The van der Waals surface area contributed by atoms with Gasteiger partial charge in [-0.05, 0) is 63.4 Å². The van der Waals surface area contributed by atoms with Gasteiger partial charge in [-0.1, -0.05) is 6.08 Å². The second-order valence-electron chi connectivity index (χ2n) is 6.24. The van der Waals surface area contributed by atoms with Crippen LogP contribution in [0.4, 0.5) is 0 Å². The van der Waals surface area contributed by atoms with Gasteiger partial charge in [-0.3, -0.25) is 0 Å². The van der Waals surface area contributed by atoms with E-state index in [0.717, 1.165) is 12.8 Å². The smallest absolute Gasteiger partial charge is 0.0952 e. The Labute approximate surface area is 97.7 Å². The van der Waals surface area contributed by atoms with E-state index in [4.69, 9.17) is 4.74 Å². The fraction of sp³-hybridized carbons (Fsp3) is 0.857. The molecular formula is C14H22O2. The van der Waals surface area contributed by atoms with E-state index in [0.29, 0.717) is 11.8 Å². The topological polar surface area (TPSA) is 29.5 Å². The van der Waals surface area contributed by atoms with E-state index in [-0.39, 0.29) is 17.8 Å². The molecule has 1 saturated heterocycles. The van der Waals surface area contributed by atoms with E-state index in [1.165, 1.54) is 24.8 Å². The van der Waals surface area contributed by atoms with Gasteiger partial charge in [0.25, 0.3) is 0 Å². The highest BCUT2D eigenvalue weighted by atomic mass is 16.5. The van der Waals surface area contributed by atoms with Crippen molar-refractivity contribution in [1.29, 1.82) is 0 Å². The van der Waals surface area contributed by atoms with Crippen molar-refractivity contribution in [2.75, 3.05) is 6.61 Å². The lowest BCUT2D eigenvalue weighted by atomic mass is 9.64. The predicted octanol–water partition coefficient (Wildman–Crippen LogP) is 2.66. The number of aliphatic hydroxyl groups excluding tert-OH is 1. The molecule has 3 atom stereocenters. The minimum Gasteiger partial charge on any atom is -0.392 e. The normalized spacial score (nSPS) is 45.1. The minimum atomic E-state index is -0.0978. The Kier molecular flexibility index (Phi) is 2.25. The Morgan fingerprint density at radius 1 is 1.31 bits per heavy atom. The van der Waals surface area contributed by atoms with Crippen molar-refractivity contribution in [1.82, 2.24) is 0 Å².